The van der Waals surface area contributed by atoms with Gasteiger partial charge in [0, 0.05) is 18.7 Å². The first-order chi connectivity index (χ1) is 14.9. The number of hydrogen-bond acceptors (Lipinski definition) is 8. The number of nitro groups is 1. The molecule has 9 heteroatoms. The second kappa shape index (κ2) is 10.0. The van der Waals surface area contributed by atoms with Gasteiger partial charge in [0.25, 0.3) is 5.69 Å². The molecule has 164 valence electrons. The molecule has 1 heterocycles. The summed E-state index contributed by atoms with van der Waals surface area (Å²) in [6.45, 7) is 6.84. The Labute approximate surface area is 180 Å². The van der Waals surface area contributed by atoms with Crippen molar-refractivity contribution in [3.8, 4) is 11.5 Å². The van der Waals surface area contributed by atoms with E-state index < -0.39 is 4.92 Å². The predicted octanol–water partition coefficient (Wildman–Crippen LogP) is 4.36. The molecule has 1 N–H and O–H groups in total. The second-order valence-corrected chi connectivity index (χ2v) is 7.48. The summed E-state index contributed by atoms with van der Waals surface area (Å²) in [5.41, 5.74) is 1.89. The molecular weight excluding hydrogens is 400 g/mol. The molecule has 0 aliphatic rings. The van der Waals surface area contributed by atoms with Crippen molar-refractivity contribution in [2.24, 2.45) is 5.92 Å². The first-order valence-corrected chi connectivity index (χ1v) is 9.94. The highest BCUT2D eigenvalue weighted by Crippen LogP contribution is 2.30. The average Bonchev–Trinajstić information content (AvgIpc) is 3.18. The molecule has 1 aromatic heterocycles. The molecule has 0 spiro atoms. The lowest BCUT2D eigenvalue weighted by Gasteiger charge is -2.19. The van der Waals surface area contributed by atoms with E-state index in [2.05, 4.69) is 29.3 Å². The normalized spacial score (nSPS) is 12.0. The van der Waals surface area contributed by atoms with Gasteiger partial charge in [0.05, 0.1) is 18.1 Å². The first kappa shape index (κ1) is 22.2. The van der Waals surface area contributed by atoms with Crippen LogP contribution >= 0.6 is 0 Å². The third-order valence-electron chi connectivity index (χ3n) is 4.77. The SMILES string of the molecule is COc1cc(CNC(c2nc(C)no2)C(C)C)ccc1OCc1ccc([N+](=O)[O-])cc1. The molecule has 9 nitrogen and oxygen atoms in total. The summed E-state index contributed by atoms with van der Waals surface area (Å²) in [4.78, 5) is 14.7. The zero-order valence-electron chi connectivity index (χ0n) is 18.0. The van der Waals surface area contributed by atoms with Crippen LogP contribution in [0.5, 0.6) is 11.5 Å². The number of nitrogens with zero attached hydrogens (tertiary/aromatic N) is 3. The van der Waals surface area contributed by atoms with Crippen LogP contribution in [0.2, 0.25) is 0 Å². The molecule has 0 saturated heterocycles. The van der Waals surface area contributed by atoms with Crippen molar-refractivity contribution >= 4 is 5.69 Å². The van der Waals surface area contributed by atoms with Gasteiger partial charge in [-0.3, -0.25) is 10.1 Å². The van der Waals surface area contributed by atoms with Crippen LogP contribution in [0.4, 0.5) is 5.69 Å². The smallest absolute Gasteiger partial charge is 0.269 e. The van der Waals surface area contributed by atoms with Gasteiger partial charge in [-0.15, -0.1) is 0 Å². The largest absolute Gasteiger partial charge is 0.493 e. The molecule has 0 saturated carbocycles. The summed E-state index contributed by atoms with van der Waals surface area (Å²) < 4.78 is 16.7. The number of benzene rings is 2. The van der Waals surface area contributed by atoms with Crippen molar-refractivity contribution in [2.45, 2.75) is 40.0 Å². The number of ether oxygens (including phenoxy) is 2. The van der Waals surface area contributed by atoms with E-state index in [9.17, 15) is 10.1 Å². The van der Waals surface area contributed by atoms with E-state index in [1.54, 1.807) is 26.2 Å². The molecule has 3 rings (SSSR count). The summed E-state index contributed by atoms with van der Waals surface area (Å²) in [6, 6.07) is 11.9. The molecule has 0 bridgehead atoms. The average molecular weight is 426 g/mol. The number of aryl methyl sites for hydroxylation is 1. The van der Waals surface area contributed by atoms with E-state index >= 15 is 0 Å². The lowest BCUT2D eigenvalue weighted by Crippen LogP contribution is -2.25. The van der Waals surface area contributed by atoms with Gasteiger partial charge >= 0.3 is 0 Å². The van der Waals surface area contributed by atoms with Crippen molar-refractivity contribution < 1.29 is 18.9 Å². The van der Waals surface area contributed by atoms with Gasteiger partial charge in [-0.1, -0.05) is 25.1 Å². The minimum atomic E-state index is -0.427. The quantitative estimate of drug-likeness (QED) is 0.376. The molecule has 0 aliphatic heterocycles. The zero-order chi connectivity index (χ0) is 22.4. The standard InChI is InChI=1S/C22H26N4O5/c1-14(2)21(22-24-15(3)25-31-22)23-12-17-7-10-19(20(11-17)29-4)30-13-16-5-8-18(9-6-16)26(27)28/h5-11,14,21,23H,12-13H2,1-4H3. The van der Waals surface area contributed by atoms with Gasteiger partial charge in [0.2, 0.25) is 5.89 Å². The Balaban J connectivity index is 1.64. The van der Waals surface area contributed by atoms with Crippen molar-refractivity contribution in [2.75, 3.05) is 7.11 Å². The predicted molar refractivity (Wildman–Crippen MR) is 114 cm³/mol. The highest BCUT2D eigenvalue weighted by Gasteiger charge is 2.21. The molecule has 1 unspecified atom stereocenters. The third kappa shape index (κ3) is 5.79. The maximum Gasteiger partial charge on any atom is 0.269 e. The Bertz CT molecular complexity index is 1020. The fraction of sp³-hybridized carbons (Fsp3) is 0.364. The van der Waals surface area contributed by atoms with E-state index in [0.29, 0.717) is 29.8 Å². The van der Waals surface area contributed by atoms with Crippen LogP contribution in [0.15, 0.2) is 47.0 Å². The maximum atomic E-state index is 10.8. The molecule has 0 aliphatic carbocycles. The van der Waals surface area contributed by atoms with Gasteiger partial charge in [-0.2, -0.15) is 4.98 Å². The van der Waals surface area contributed by atoms with E-state index in [1.807, 2.05) is 18.2 Å². The summed E-state index contributed by atoms with van der Waals surface area (Å²) in [7, 11) is 1.59. The summed E-state index contributed by atoms with van der Waals surface area (Å²) in [6.07, 6.45) is 0. The van der Waals surface area contributed by atoms with Crippen LogP contribution in [0, 0.1) is 23.0 Å². The molecule has 2 aromatic carbocycles. The minimum absolute atomic E-state index is 0.0496. The highest BCUT2D eigenvalue weighted by atomic mass is 16.6. The number of non-ortho nitro benzene ring substituents is 1. The van der Waals surface area contributed by atoms with Crippen LogP contribution in [0.1, 0.15) is 42.7 Å². The number of methoxy groups -OCH3 is 1. The van der Waals surface area contributed by atoms with Gasteiger partial charge in [-0.25, -0.2) is 0 Å². The zero-order valence-corrected chi connectivity index (χ0v) is 18.0. The Hall–Kier alpha value is -3.46. The maximum absolute atomic E-state index is 10.8. The Morgan fingerprint density at radius 2 is 1.84 bits per heavy atom. The topological polar surface area (TPSA) is 113 Å². The van der Waals surface area contributed by atoms with E-state index in [4.69, 9.17) is 14.0 Å². The lowest BCUT2D eigenvalue weighted by atomic mass is 10.0. The van der Waals surface area contributed by atoms with Gasteiger partial charge in [0.1, 0.15) is 6.61 Å². The number of aromatic nitrogens is 2. The highest BCUT2D eigenvalue weighted by molar-refractivity contribution is 5.43. The number of nitrogens with one attached hydrogen (secondary N) is 1. The first-order valence-electron chi connectivity index (χ1n) is 9.94. The van der Waals surface area contributed by atoms with Crippen LogP contribution in [-0.4, -0.2) is 22.2 Å². The van der Waals surface area contributed by atoms with E-state index in [-0.39, 0.29) is 24.3 Å². The minimum Gasteiger partial charge on any atom is -0.493 e. The summed E-state index contributed by atoms with van der Waals surface area (Å²) in [5.74, 6) is 2.65. The van der Waals surface area contributed by atoms with Crippen molar-refractivity contribution in [1.82, 2.24) is 15.5 Å². The Morgan fingerprint density at radius 1 is 1.13 bits per heavy atom. The molecule has 0 amide bonds. The lowest BCUT2D eigenvalue weighted by molar-refractivity contribution is -0.384. The summed E-state index contributed by atoms with van der Waals surface area (Å²) in [5, 5.41) is 18.1. The van der Waals surface area contributed by atoms with Crippen LogP contribution < -0.4 is 14.8 Å². The van der Waals surface area contributed by atoms with Crippen molar-refractivity contribution in [1.29, 1.82) is 0 Å². The monoisotopic (exact) mass is 426 g/mol. The van der Waals surface area contributed by atoms with Gasteiger partial charge in [-0.05, 0) is 48.2 Å². The molecule has 0 radical (unpaired) electrons. The van der Waals surface area contributed by atoms with Gasteiger partial charge < -0.3 is 19.3 Å². The molecule has 1 atom stereocenters. The molecular formula is C22H26N4O5. The van der Waals surface area contributed by atoms with E-state index in [1.165, 1.54) is 12.1 Å². The van der Waals surface area contributed by atoms with Crippen LogP contribution in [-0.2, 0) is 13.2 Å². The summed E-state index contributed by atoms with van der Waals surface area (Å²) >= 11 is 0. The van der Waals surface area contributed by atoms with E-state index in [0.717, 1.165) is 11.1 Å². The van der Waals surface area contributed by atoms with Gasteiger partial charge in [0.15, 0.2) is 17.3 Å². The third-order valence-corrected chi connectivity index (χ3v) is 4.77. The molecule has 0 fully saturated rings. The fourth-order valence-corrected chi connectivity index (χ4v) is 3.09. The Morgan fingerprint density at radius 3 is 2.42 bits per heavy atom. The van der Waals surface area contributed by atoms with Crippen LogP contribution in [0.3, 0.4) is 0 Å². The molecule has 3 aromatic rings. The van der Waals surface area contributed by atoms with Crippen molar-refractivity contribution in [3.05, 3.63) is 75.4 Å². The number of hydrogen-bond donors (Lipinski definition) is 1. The number of rotatable bonds is 10. The molecule has 31 heavy (non-hydrogen) atoms. The van der Waals surface area contributed by atoms with Crippen molar-refractivity contribution in [3.63, 3.8) is 0 Å². The Kier molecular flexibility index (Phi) is 7.19. The second-order valence-electron chi connectivity index (χ2n) is 7.48. The fourth-order valence-electron chi connectivity index (χ4n) is 3.09. The number of nitro benzene ring substituents is 1. The van der Waals surface area contributed by atoms with Crippen LogP contribution in [0.25, 0.3) is 0 Å².